The first-order valence-corrected chi connectivity index (χ1v) is 9.16. The molecule has 1 saturated carbocycles. The van der Waals surface area contributed by atoms with Crippen molar-refractivity contribution < 1.29 is 9.59 Å². The van der Waals surface area contributed by atoms with E-state index in [4.69, 9.17) is 5.73 Å². The quantitative estimate of drug-likeness (QED) is 0.753. The van der Waals surface area contributed by atoms with Crippen molar-refractivity contribution in [1.29, 1.82) is 0 Å². The lowest BCUT2D eigenvalue weighted by Crippen LogP contribution is -2.41. The molecule has 2 aliphatic rings. The molecular weight excluding hydrogens is 318 g/mol. The number of piperidine rings is 1. The number of hydrogen-bond donors (Lipinski definition) is 3. The van der Waals surface area contributed by atoms with Crippen molar-refractivity contribution in [2.75, 3.05) is 18.0 Å². The fourth-order valence-electron chi connectivity index (χ4n) is 3.71. The van der Waals surface area contributed by atoms with Crippen molar-refractivity contribution in [2.24, 2.45) is 11.7 Å². The first-order chi connectivity index (χ1) is 12.1. The lowest BCUT2D eigenvalue weighted by Gasteiger charge is -2.32. The van der Waals surface area contributed by atoms with E-state index < -0.39 is 0 Å². The molecule has 2 heterocycles. The van der Waals surface area contributed by atoms with Crippen LogP contribution < -0.4 is 21.3 Å². The second-order valence-electron chi connectivity index (χ2n) is 6.96. The van der Waals surface area contributed by atoms with Crippen molar-refractivity contribution in [1.82, 2.24) is 15.6 Å². The van der Waals surface area contributed by atoms with E-state index in [1.807, 2.05) is 12.1 Å². The summed E-state index contributed by atoms with van der Waals surface area (Å²) in [6.45, 7) is 1.95. The fourth-order valence-corrected chi connectivity index (χ4v) is 3.71. The van der Waals surface area contributed by atoms with Gasteiger partial charge in [0, 0.05) is 43.4 Å². The third-order valence-corrected chi connectivity index (χ3v) is 5.19. The SMILES string of the molecule is NC(=O)C1CCN(c2ncccc2CNC(=O)NC2CCCC2)CC1. The maximum Gasteiger partial charge on any atom is 0.315 e. The van der Waals surface area contributed by atoms with E-state index in [-0.39, 0.29) is 17.9 Å². The maximum absolute atomic E-state index is 12.1. The van der Waals surface area contributed by atoms with Gasteiger partial charge in [0.2, 0.25) is 5.91 Å². The molecule has 7 heteroatoms. The average molecular weight is 345 g/mol. The highest BCUT2D eigenvalue weighted by atomic mass is 16.2. The molecule has 0 aromatic carbocycles. The normalized spacial score (nSPS) is 19.0. The second-order valence-corrected chi connectivity index (χ2v) is 6.96. The molecule has 3 amide bonds. The van der Waals surface area contributed by atoms with Gasteiger partial charge in [-0.1, -0.05) is 18.9 Å². The summed E-state index contributed by atoms with van der Waals surface area (Å²) >= 11 is 0. The number of urea groups is 1. The van der Waals surface area contributed by atoms with E-state index in [0.29, 0.717) is 12.6 Å². The van der Waals surface area contributed by atoms with Crippen molar-refractivity contribution >= 4 is 17.8 Å². The minimum Gasteiger partial charge on any atom is -0.369 e. The standard InChI is InChI=1S/C18H27N5O2/c19-16(24)13-7-10-23(11-8-13)17-14(4-3-9-20-17)12-21-18(25)22-15-5-1-2-6-15/h3-4,9,13,15H,1-2,5-8,10-12H2,(H2,19,24)(H2,21,22,25). The van der Waals surface area contributed by atoms with Crippen LogP contribution in [0, 0.1) is 5.92 Å². The van der Waals surface area contributed by atoms with Gasteiger partial charge < -0.3 is 21.3 Å². The molecule has 25 heavy (non-hydrogen) atoms. The Labute approximate surface area is 148 Å². The van der Waals surface area contributed by atoms with Gasteiger partial charge in [0.1, 0.15) is 5.82 Å². The van der Waals surface area contributed by atoms with E-state index >= 15 is 0 Å². The summed E-state index contributed by atoms with van der Waals surface area (Å²) in [4.78, 5) is 30.1. The van der Waals surface area contributed by atoms with Crippen LogP contribution in [0.5, 0.6) is 0 Å². The zero-order chi connectivity index (χ0) is 17.6. The van der Waals surface area contributed by atoms with Crippen LogP contribution >= 0.6 is 0 Å². The van der Waals surface area contributed by atoms with Crippen LogP contribution in [0.25, 0.3) is 0 Å². The number of amides is 3. The summed E-state index contributed by atoms with van der Waals surface area (Å²) in [7, 11) is 0. The number of primary amides is 1. The predicted octanol–water partition coefficient (Wildman–Crippen LogP) is 1.53. The maximum atomic E-state index is 12.1. The molecule has 0 atom stereocenters. The van der Waals surface area contributed by atoms with Crippen molar-refractivity contribution in [3.05, 3.63) is 23.9 Å². The lowest BCUT2D eigenvalue weighted by atomic mass is 9.96. The molecule has 3 rings (SSSR count). The van der Waals surface area contributed by atoms with Crippen LogP contribution in [0.2, 0.25) is 0 Å². The van der Waals surface area contributed by atoms with Gasteiger partial charge in [-0.15, -0.1) is 0 Å². The number of anilines is 1. The Morgan fingerprint density at radius 3 is 2.60 bits per heavy atom. The Bertz CT molecular complexity index is 607. The number of rotatable bonds is 5. The molecule has 4 N–H and O–H groups in total. The largest absolute Gasteiger partial charge is 0.369 e. The second kappa shape index (κ2) is 8.18. The Balaban J connectivity index is 1.55. The topological polar surface area (TPSA) is 100 Å². The molecule has 7 nitrogen and oxygen atoms in total. The number of carbonyl (C=O) groups excluding carboxylic acids is 2. The predicted molar refractivity (Wildman–Crippen MR) is 96.0 cm³/mol. The van der Waals surface area contributed by atoms with Gasteiger partial charge >= 0.3 is 6.03 Å². The van der Waals surface area contributed by atoms with E-state index in [1.165, 1.54) is 12.8 Å². The van der Waals surface area contributed by atoms with E-state index in [9.17, 15) is 9.59 Å². The monoisotopic (exact) mass is 345 g/mol. The van der Waals surface area contributed by atoms with Crippen molar-refractivity contribution in [3.63, 3.8) is 0 Å². The van der Waals surface area contributed by atoms with Gasteiger partial charge in [0.05, 0.1) is 0 Å². The molecule has 1 aliphatic carbocycles. The molecule has 1 aliphatic heterocycles. The highest BCUT2D eigenvalue weighted by molar-refractivity contribution is 5.77. The minimum atomic E-state index is -0.217. The van der Waals surface area contributed by atoms with Crippen molar-refractivity contribution in [2.45, 2.75) is 51.1 Å². The molecular formula is C18H27N5O2. The van der Waals surface area contributed by atoms with Gasteiger partial charge in [-0.3, -0.25) is 4.79 Å². The molecule has 136 valence electrons. The Morgan fingerprint density at radius 1 is 1.20 bits per heavy atom. The number of nitrogens with two attached hydrogens (primary N) is 1. The average Bonchev–Trinajstić information content (AvgIpc) is 3.13. The van der Waals surface area contributed by atoms with Crippen LogP contribution in [0.4, 0.5) is 10.6 Å². The van der Waals surface area contributed by atoms with E-state index in [1.54, 1.807) is 6.20 Å². The molecule has 0 radical (unpaired) electrons. The fraction of sp³-hybridized carbons (Fsp3) is 0.611. The highest BCUT2D eigenvalue weighted by Gasteiger charge is 2.25. The summed E-state index contributed by atoms with van der Waals surface area (Å²) < 4.78 is 0. The summed E-state index contributed by atoms with van der Waals surface area (Å²) in [5.74, 6) is 0.622. The molecule has 1 aromatic rings. The van der Waals surface area contributed by atoms with Gasteiger partial charge in [-0.25, -0.2) is 9.78 Å². The third kappa shape index (κ3) is 4.61. The molecule has 0 spiro atoms. The molecule has 1 saturated heterocycles. The minimum absolute atomic E-state index is 0.0428. The van der Waals surface area contributed by atoms with Crippen molar-refractivity contribution in [3.8, 4) is 0 Å². The number of nitrogens with one attached hydrogen (secondary N) is 2. The number of aromatic nitrogens is 1. The van der Waals surface area contributed by atoms with Crippen LogP contribution in [0.3, 0.4) is 0 Å². The molecule has 0 unspecified atom stereocenters. The van der Waals surface area contributed by atoms with Crippen LogP contribution in [-0.4, -0.2) is 36.1 Å². The van der Waals surface area contributed by atoms with Gasteiger partial charge in [-0.2, -0.15) is 0 Å². The Morgan fingerprint density at radius 2 is 1.92 bits per heavy atom. The van der Waals surface area contributed by atoms with Crippen LogP contribution in [-0.2, 0) is 11.3 Å². The number of pyridine rings is 1. The van der Waals surface area contributed by atoms with E-state index in [2.05, 4.69) is 20.5 Å². The number of nitrogens with zero attached hydrogens (tertiary/aromatic N) is 2. The number of carbonyl (C=O) groups is 2. The summed E-state index contributed by atoms with van der Waals surface area (Å²) in [6.07, 6.45) is 7.79. The summed E-state index contributed by atoms with van der Waals surface area (Å²) in [5.41, 5.74) is 6.39. The third-order valence-electron chi connectivity index (χ3n) is 5.19. The first kappa shape index (κ1) is 17.5. The van der Waals surface area contributed by atoms with Gasteiger partial charge in [0.15, 0.2) is 0 Å². The number of hydrogen-bond acceptors (Lipinski definition) is 4. The van der Waals surface area contributed by atoms with E-state index in [0.717, 1.165) is 50.2 Å². The van der Waals surface area contributed by atoms with Crippen LogP contribution in [0.15, 0.2) is 18.3 Å². The lowest BCUT2D eigenvalue weighted by molar-refractivity contribution is -0.122. The zero-order valence-electron chi connectivity index (χ0n) is 14.5. The van der Waals surface area contributed by atoms with Crippen LogP contribution in [0.1, 0.15) is 44.1 Å². The molecule has 1 aromatic heterocycles. The highest BCUT2D eigenvalue weighted by Crippen LogP contribution is 2.24. The first-order valence-electron chi connectivity index (χ1n) is 9.16. The summed E-state index contributed by atoms with van der Waals surface area (Å²) in [6, 6.07) is 4.06. The van der Waals surface area contributed by atoms with Gasteiger partial charge in [0.25, 0.3) is 0 Å². The summed E-state index contributed by atoms with van der Waals surface area (Å²) in [5, 5.41) is 5.97. The zero-order valence-corrected chi connectivity index (χ0v) is 14.5. The molecule has 0 bridgehead atoms. The Hall–Kier alpha value is -2.31. The Kier molecular flexibility index (Phi) is 5.73. The molecule has 2 fully saturated rings. The smallest absolute Gasteiger partial charge is 0.315 e. The van der Waals surface area contributed by atoms with Gasteiger partial charge in [-0.05, 0) is 31.7 Å².